The SMILES string of the molecule is CCOc1ccc(S(=O)(=O)N(CC(=O)N(Cc2c(Cl)cccc2Cl)C(C)C(=O)NC2CCCC2)c2ccc(F)cc2)cc1. The summed E-state index contributed by atoms with van der Waals surface area (Å²) in [6, 6.07) is 14.5. The molecule has 1 unspecified atom stereocenters. The molecule has 0 radical (unpaired) electrons. The molecule has 1 atom stereocenters. The first-order valence-corrected chi connectivity index (χ1v) is 16.2. The third-order valence-electron chi connectivity index (χ3n) is 7.38. The van der Waals surface area contributed by atoms with Crippen LogP contribution >= 0.6 is 23.2 Å². The molecule has 8 nitrogen and oxygen atoms in total. The van der Waals surface area contributed by atoms with E-state index in [1.807, 2.05) is 6.92 Å². The second-order valence-electron chi connectivity index (χ2n) is 10.3. The lowest BCUT2D eigenvalue weighted by Crippen LogP contribution is -2.52. The highest BCUT2D eigenvalue weighted by Crippen LogP contribution is 2.29. The van der Waals surface area contributed by atoms with Crippen molar-refractivity contribution in [3.8, 4) is 5.75 Å². The molecule has 0 saturated heterocycles. The van der Waals surface area contributed by atoms with Gasteiger partial charge < -0.3 is 15.0 Å². The van der Waals surface area contributed by atoms with Gasteiger partial charge in [0.1, 0.15) is 24.2 Å². The van der Waals surface area contributed by atoms with E-state index in [0.29, 0.717) is 28.0 Å². The largest absolute Gasteiger partial charge is 0.494 e. The molecule has 3 aromatic carbocycles. The van der Waals surface area contributed by atoms with Gasteiger partial charge in [-0.05, 0) is 87.4 Å². The number of nitrogens with zero attached hydrogens (tertiary/aromatic N) is 2. The zero-order valence-electron chi connectivity index (χ0n) is 23.9. The Balaban J connectivity index is 1.70. The average molecular weight is 651 g/mol. The van der Waals surface area contributed by atoms with E-state index in [4.69, 9.17) is 27.9 Å². The first kappa shape index (κ1) is 32.6. The van der Waals surface area contributed by atoms with Crippen LogP contribution in [0.25, 0.3) is 0 Å². The fraction of sp³-hybridized carbons (Fsp3) is 0.355. The zero-order valence-corrected chi connectivity index (χ0v) is 26.3. The Hall–Kier alpha value is -3.34. The molecule has 3 aromatic rings. The summed E-state index contributed by atoms with van der Waals surface area (Å²) in [6.45, 7) is 2.97. The molecule has 1 N–H and O–H groups in total. The lowest BCUT2D eigenvalue weighted by molar-refractivity contribution is -0.139. The zero-order chi connectivity index (χ0) is 31.1. The molecule has 4 rings (SSSR count). The highest BCUT2D eigenvalue weighted by atomic mass is 35.5. The minimum atomic E-state index is -4.33. The standard InChI is InChI=1S/C31H34Cl2FN3O5S/c1-3-42-25-15-17-26(18-16-25)43(40,41)37(24-13-11-22(34)12-14-24)20-30(38)36(19-27-28(32)9-6-10-29(27)33)21(2)31(39)35-23-7-4-5-8-23/h6,9-18,21,23H,3-5,7-8,19-20H2,1-2H3,(H,35,39). The second-order valence-corrected chi connectivity index (χ2v) is 13.0. The van der Waals surface area contributed by atoms with Gasteiger partial charge in [-0.15, -0.1) is 0 Å². The Morgan fingerprint density at radius 3 is 2.19 bits per heavy atom. The van der Waals surface area contributed by atoms with Crippen LogP contribution < -0.4 is 14.4 Å². The summed E-state index contributed by atoms with van der Waals surface area (Å²) in [7, 11) is -4.33. The number of sulfonamides is 1. The Morgan fingerprint density at radius 1 is 1.00 bits per heavy atom. The fourth-order valence-electron chi connectivity index (χ4n) is 4.97. The average Bonchev–Trinajstić information content (AvgIpc) is 3.49. The van der Waals surface area contributed by atoms with Crippen LogP contribution in [0, 0.1) is 5.82 Å². The third kappa shape index (κ3) is 7.99. The maximum Gasteiger partial charge on any atom is 0.264 e. The van der Waals surface area contributed by atoms with Gasteiger partial charge in [0.05, 0.1) is 17.2 Å². The van der Waals surface area contributed by atoms with Crippen LogP contribution in [-0.2, 0) is 26.2 Å². The van der Waals surface area contributed by atoms with Crippen molar-refractivity contribution >= 4 is 50.7 Å². The number of rotatable bonds is 12. The van der Waals surface area contributed by atoms with Gasteiger partial charge in [-0.2, -0.15) is 0 Å². The minimum absolute atomic E-state index is 0.00607. The molecular formula is C31H34Cl2FN3O5S. The normalized spacial score (nSPS) is 14.3. The van der Waals surface area contributed by atoms with Crippen LogP contribution in [-0.4, -0.2) is 50.4 Å². The Morgan fingerprint density at radius 2 is 1.60 bits per heavy atom. The number of halogens is 3. The van der Waals surface area contributed by atoms with Crippen LogP contribution in [0.3, 0.4) is 0 Å². The van der Waals surface area contributed by atoms with Crippen LogP contribution in [0.1, 0.15) is 45.1 Å². The maximum absolute atomic E-state index is 14.1. The lowest BCUT2D eigenvalue weighted by atomic mass is 10.1. The number of hydrogen-bond acceptors (Lipinski definition) is 5. The van der Waals surface area contributed by atoms with Gasteiger partial charge >= 0.3 is 0 Å². The first-order chi connectivity index (χ1) is 20.5. The van der Waals surface area contributed by atoms with E-state index in [2.05, 4.69) is 5.32 Å². The van der Waals surface area contributed by atoms with Gasteiger partial charge in [-0.3, -0.25) is 13.9 Å². The van der Waals surface area contributed by atoms with Crippen LogP contribution in [0.4, 0.5) is 10.1 Å². The highest BCUT2D eigenvalue weighted by Gasteiger charge is 2.34. The number of anilines is 1. The Labute approximate surface area is 261 Å². The van der Waals surface area contributed by atoms with E-state index in [0.717, 1.165) is 42.1 Å². The monoisotopic (exact) mass is 649 g/mol. The minimum Gasteiger partial charge on any atom is -0.494 e. The van der Waals surface area contributed by atoms with Crippen LogP contribution in [0.15, 0.2) is 71.6 Å². The number of ether oxygens (including phenoxy) is 1. The Bertz CT molecular complexity index is 1510. The number of carbonyl (C=O) groups is 2. The van der Waals surface area contributed by atoms with Gasteiger partial charge in [-0.1, -0.05) is 42.1 Å². The molecule has 230 valence electrons. The summed E-state index contributed by atoms with van der Waals surface area (Å²) < 4.78 is 48.0. The van der Waals surface area contributed by atoms with Crippen molar-refractivity contribution in [1.29, 1.82) is 0 Å². The number of hydrogen-bond donors (Lipinski definition) is 1. The quantitative estimate of drug-likeness (QED) is 0.252. The van der Waals surface area contributed by atoms with Crippen molar-refractivity contribution in [2.24, 2.45) is 0 Å². The molecule has 0 aromatic heterocycles. The molecular weight excluding hydrogens is 616 g/mol. The fourth-order valence-corrected chi connectivity index (χ4v) is 6.90. The molecule has 0 aliphatic heterocycles. The van der Waals surface area contributed by atoms with E-state index >= 15 is 0 Å². The van der Waals surface area contributed by atoms with Crippen molar-refractivity contribution < 1.29 is 27.1 Å². The molecule has 0 spiro atoms. The molecule has 0 heterocycles. The van der Waals surface area contributed by atoms with Crippen LogP contribution in [0.5, 0.6) is 5.75 Å². The van der Waals surface area contributed by atoms with Crippen molar-refractivity contribution in [2.75, 3.05) is 17.5 Å². The summed E-state index contributed by atoms with van der Waals surface area (Å²) in [5.41, 5.74) is 0.491. The van der Waals surface area contributed by atoms with E-state index in [1.165, 1.54) is 41.3 Å². The maximum atomic E-state index is 14.1. The number of benzene rings is 3. The van der Waals surface area contributed by atoms with Gasteiger partial charge in [0.2, 0.25) is 11.8 Å². The van der Waals surface area contributed by atoms with Gasteiger partial charge in [0.15, 0.2) is 0 Å². The second kappa shape index (κ2) is 14.4. The topological polar surface area (TPSA) is 96.0 Å². The van der Waals surface area contributed by atoms with E-state index in [-0.39, 0.29) is 29.1 Å². The lowest BCUT2D eigenvalue weighted by Gasteiger charge is -2.33. The molecule has 1 aliphatic rings. The molecule has 1 saturated carbocycles. The Kier molecular flexibility index (Phi) is 10.9. The summed E-state index contributed by atoms with van der Waals surface area (Å²) in [5.74, 6) is -1.13. The van der Waals surface area contributed by atoms with E-state index in [9.17, 15) is 22.4 Å². The predicted molar refractivity (Wildman–Crippen MR) is 165 cm³/mol. The number of carbonyl (C=O) groups excluding carboxylic acids is 2. The number of amides is 2. The molecule has 0 bridgehead atoms. The van der Waals surface area contributed by atoms with Crippen molar-refractivity contribution in [3.05, 3.63) is 88.2 Å². The van der Waals surface area contributed by atoms with Gasteiger partial charge in [0, 0.05) is 28.2 Å². The molecule has 12 heteroatoms. The molecule has 1 aliphatic carbocycles. The number of nitrogens with one attached hydrogen (secondary N) is 1. The summed E-state index contributed by atoms with van der Waals surface area (Å²) in [6.07, 6.45) is 3.71. The van der Waals surface area contributed by atoms with E-state index in [1.54, 1.807) is 25.1 Å². The van der Waals surface area contributed by atoms with Gasteiger partial charge in [0.25, 0.3) is 10.0 Å². The summed E-state index contributed by atoms with van der Waals surface area (Å²) in [5, 5.41) is 3.60. The van der Waals surface area contributed by atoms with Crippen molar-refractivity contribution in [2.45, 2.75) is 63.1 Å². The highest BCUT2D eigenvalue weighted by molar-refractivity contribution is 7.92. The smallest absolute Gasteiger partial charge is 0.264 e. The van der Waals surface area contributed by atoms with E-state index < -0.39 is 34.3 Å². The first-order valence-electron chi connectivity index (χ1n) is 14.0. The molecule has 1 fully saturated rings. The van der Waals surface area contributed by atoms with Crippen LogP contribution in [0.2, 0.25) is 10.0 Å². The third-order valence-corrected chi connectivity index (χ3v) is 9.87. The van der Waals surface area contributed by atoms with Crippen molar-refractivity contribution in [3.63, 3.8) is 0 Å². The summed E-state index contributed by atoms with van der Waals surface area (Å²) >= 11 is 12.9. The molecule has 2 amide bonds. The van der Waals surface area contributed by atoms with Gasteiger partial charge in [-0.25, -0.2) is 12.8 Å². The predicted octanol–water partition coefficient (Wildman–Crippen LogP) is 6.20. The summed E-state index contributed by atoms with van der Waals surface area (Å²) in [4.78, 5) is 28.6. The molecule has 43 heavy (non-hydrogen) atoms. The van der Waals surface area contributed by atoms with Crippen molar-refractivity contribution in [1.82, 2.24) is 10.2 Å².